The molecule has 3 heteroatoms. The van der Waals surface area contributed by atoms with Gasteiger partial charge in [-0.15, -0.1) is 0 Å². The standard InChI is InChI=1S/C10H21FN2/c1-10(11,8-12-2)6-9-4-3-5-13-7-9/h9,12-13H,3-8H2,1-2H3. The molecule has 78 valence electrons. The topological polar surface area (TPSA) is 24.1 Å². The molecule has 1 saturated heterocycles. The first-order valence-corrected chi connectivity index (χ1v) is 5.18. The molecule has 13 heavy (non-hydrogen) atoms. The van der Waals surface area contributed by atoms with Gasteiger partial charge in [0.05, 0.1) is 0 Å². The van der Waals surface area contributed by atoms with E-state index in [1.807, 2.05) is 0 Å². The molecule has 1 aliphatic heterocycles. The number of halogens is 1. The molecule has 1 fully saturated rings. The molecule has 1 aliphatic rings. The second kappa shape index (κ2) is 4.91. The summed E-state index contributed by atoms with van der Waals surface area (Å²) >= 11 is 0. The first kappa shape index (κ1) is 10.9. The van der Waals surface area contributed by atoms with E-state index in [0.29, 0.717) is 18.9 Å². The Balaban J connectivity index is 2.28. The zero-order chi connectivity index (χ0) is 9.73. The molecule has 0 spiro atoms. The Hall–Kier alpha value is -0.150. The van der Waals surface area contributed by atoms with E-state index in [0.717, 1.165) is 13.1 Å². The number of hydrogen-bond donors (Lipinski definition) is 2. The first-order valence-electron chi connectivity index (χ1n) is 5.18. The summed E-state index contributed by atoms with van der Waals surface area (Å²) in [4.78, 5) is 0. The van der Waals surface area contributed by atoms with E-state index in [4.69, 9.17) is 0 Å². The Bertz CT molecular complexity index is 142. The van der Waals surface area contributed by atoms with Crippen LogP contribution in [0.4, 0.5) is 4.39 Å². The summed E-state index contributed by atoms with van der Waals surface area (Å²) in [6.07, 6.45) is 3.05. The van der Waals surface area contributed by atoms with E-state index in [1.54, 1.807) is 14.0 Å². The second-order valence-electron chi connectivity index (χ2n) is 4.36. The molecule has 0 amide bonds. The highest BCUT2D eigenvalue weighted by molar-refractivity contribution is 4.81. The number of hydrogen-bond acceptors (Lipinski definition) is 2. The molecule has 0 bridgehead atoms. The maximum atomic E-state index is 13.8. The van der Waals surface area contributed by atoms with Crippen LogP contribution in [-0.4, -0.2) is 32.4 Å². The van der Waals surface area contributed by atoms with E-state index >= 15 is 0 Å². The van der Waals surface area contributed by atoms with Gasteiger partial charge < -0.3 is 10.6 Å². The molecule has 0 aromatic carbocycles. The van der Waals surface area contributed by atoms with Crippen LogP contribution in [0.15, 0.2) is 0 Å². The highest BCUT2D eigenvalue weighted by atomic mass is 19.1. The van der Waals surface area contributed by atoms with Crippen LogP contribution in [0.2, 0.25) is 0 Å². The van der Waals surface area contributed by atoms with E-state index in [-0.39, 0.29) is 0 Å². The van der Waals surface area contributed by atoms with E-state index < -0.39 is 5.67 Å². The lowest BCUT2D eigenvalue weighted by Gasteiger charge is -2.29. The number of alkyl halides is 1. The summed E-state index contributed by atoms with van der Waals surface area (Å²) in [7, 11) is 1.80. The minimum atomic E-state index is -1.04. The summed E-state index contributed by atoms with van der Waals surface area (Å²) in [5.74, 6) is 0.525. The largest absolute Gasteiger partial charge is 0.317 e. The molecule has 2 N–H and O–H groups in total. The number of rotatable bonds is 4. The van der Waals surface area contributed by atoms with Crippen molar-refractivity contribution in [3.63, 3.8) is 0 Å². The fraction of sp³-hybridized carbons (Fsp3) is 1.00. The van der Waals surface area contributed by atoms with Gasteiger partial charge in [0, 0.05) is 6.54 Å². The van der Waals surface area contributed by atoms with Crippen LogP contribution in [-0.2, 0) is 0 Å². The SMILES string of the molecule is CNCC(C)(F)CC1CCCNC1. The zero-order valence-electron chi connectivity index (χ0n) is 8.70. The summed E-state index contributed by atoms with van der Waals surface area (Å²) in [6, 6.07) is 0. The van der Waals surface area contributed by atoms with Crippen LogP contribution in [0, 0.1) is 5.92 Å². The minimum absolute atomic E-state index is 0.462. The molecule has 0 aromatic heterocycles. The lowest BCUT2D eigenvalue weighted by Crippen LogP contribution is -2.38. The average Bonchev–Trinajstić information content (AvgIpc) is 2.04. The average molecular weight is 188 g/mol. The van der Waals surface area contributed by atoms with Crippen molar-refractivity contribution < 1.29 is 4.39 Å². The summed E-state index contributed by atoms with van der Waals surface area (Å²) in [5, 5.41) is 6.21. The smallest absolute Gasteiger partial charge is 0.120 e. The van der Waals surface area contributed by atoms with Crippen molar-refractivity contribution in [3.8, 4) is 0 Å². The Morgan fingerprint density at radius 2 is 2.38 bits per heavy atom. The van der Waals surface area contributed by atoms with Gasteiger partial charge in [-0.25, -0.2) is 4.39 Å². The maximum absolute atomic E-state index is 13.8. The Morgan fingerprint density at radius 3 is 2.92 bits per heavy atom. The third kappa shape index (κ3) is 4.05. The van der Waals surface area contributed by atoms with Gasteiger partial charge in [0.15, 0.2) is 0 Å². The molecule has 2 unspecified atom stereocenters. The normalized spacial score (nSPS) is 28.4. The highest BCUT2D eigenvalue weighted by Crippen LogP contribution is 2.24. The lowest BCUT2D eigenvalue weighted by molar-refractivity contribution is 0.134. The molecule has 2 atom stereocenters. The van der Waals surface area contributed by atoms with Gasteiger partial charge in [-0.3, -0.25) is 0 Å². The summed E-state index contributed by atoms with van der Waals surface area (Å²) < 4.78 is 13.8. The lowest BCUT2D eigenvalue weighted by atomic mass is 9.88. The summed E-state index contributed by atoms with van der Waals surface area (Å²) in [6.45, 7) is 4.25. The van der Waals surface area contributed by atoms with Gasteiger partial charge >= 0.3 is 0 Å². The van der Waals surface area contributed by atoms with E-state index in [9.17, 15) is 4.39 Å². The third-order valence-corrected chi connectivity index (χ3v) is 2.66. The van der Waals surface area contributed by atoms with Crippen LogP contribution < -0.4 is 10.6 Å². The van der Waals surface area contributed by atoms with Gasteiger partial charge in [-0.1, -0.05) is 0 Å². The molecular formula is C10H21FN2. The van der Waals surface area contributed by atoms with Crippen molar-refractivity contribution in [1.82, 2.24) is 10.6 Å². The third-order valence-electron chi connectivity index (χ3n) is 2.66. The van der Waals surface area contributed by atoms with Crippen LogP contribution in [0.5, 0.6) is 0 Å². The van der Waals surface area contributed by atoms with Crippen LogP contribution in [0.25, 0.3) is 0 Å². The van der Waals surface area contributed by atoms with Crippen molar-refractivity contribution in [2.24, 2.45) is 5.92 Å². The highest BCUT2D eigenvalue weighted by Gasteiger charge is 2.27. The van der Waals surface area contributed by atoms with Crippen molar-refractivity contribution in [1.29, 1.82) is 0 Å². The van der Waals surface area contributed by atoms with Crippen molar-refractivity contribution in [3.05, 3.63) is 0 Å². The van der Waals surface area contributed by atoms with Crippen molar-refractivity contribution in [2.75, 3.05) is 26.7 Å². The molecule has 0 radical (unpaired) electrons. The second-order valence-corrected chi connectivity index (χ2v) is 4.36. The van der Waals surface area contributed by atoms with Crippen molar-refractivity contribution >= 4 is 0 Å². The van der Waals surface area contributed by atoms with Crippen LogP contribution in [0.3, 0.4) is 0 Å². The summed E-state index contributed by atoms with van der Waals surface area (Å²) in [5.41, 5.74) is -1.04. The molecule has 0 aromatic rings. The predicted octanol–water partition coefficient (Wildman–Crippen LogP) is 1.32. The van der Waals surface area contributed by atoms with E-state index in [1.165, 1.54) is 12.8 Å². The van der Waals surface area contributed by atoms with Crippen molar-refractivity contribution in [2.45, 2.75) is 31.9 Å². The monoisotopic (exact) mass is 188 g/mol. The molecule has 2 nitrogen and oxygen atoms in total. The van der Waals surface area contributed by atoms with E-state index in [2.05, 4.69) is 10.6 Å². The van der Waals surface area contributed by atoms with Gasteiger partial charge in [-0.05, 0) is 52.2 Å². The fourth-order valence-corrected chi connectivity index (χ4v) is 2.14. The van der Waals surface area contributed by atoms with Gasteiger partial charge in [0.1, 0.15) is 5.67 Å². The Labute approximate surface area is 80.3 Å². The predicted molar refractivity (Wildman–Crippen MR) is 53.7 cm³/mol. The molecule has 1 rings (SSSR count). The molecule has 0 saturated carbocycles. The quantitative estimate of drug-likeness (QED) is 0.695. The first-order chi connectivity index (χ1) is 6.14. The van der Waals surface area contributed by atoms with Gasteiger partial charge in [-0.2, -0.15) is 0 Å². The Morgan fingerprint density at radius 1 is 1.62 bits per heavy atom. The van der Waals surface area contributed by atoms with Crippen LogP contribution in [0.1, 0.15) is 26.2 Å². The molecular weight excluding hydrogens is 167 g/mol. The Kier molecular flexibility index (Phi) is 4.13. The molecule has 1 heterocycles. The fourth-order valence-electron chi connectivity index (χ4n) is 2.14. The zero-order valence-corrected chi connectivity index (χ0v) is 8.70. The maximum Gasteiger partial charge on any atom is 0.120 e. The van der Waals surface area contributed by atoms with Gasteiger partial charge in [0.2, 0.25) is 0 Å². The van der Waals surface area contributed by atoms with Gasteiger partial charge in [0.25, 0.3) is 0 Å². The van der Waals surface area contributed by atoms with Crippen LogP contribution >= 0.6 is 0 Å². The minimum Gasteiger partial charge on any atom is -0.317 e. The molecule has 0 aliphatic carbocycles. The number of piperidine rings is 1. The number of nitrogens with one attached hydrogen (secondary N) is 2.